The van der Waals surface area contributed by atoms with Gasteiger partial charge in [-0.15, -0.1) is 0 Å². The van der Waals surface area contributed by atoms with Crippen molar-refractivity contribution in [2.24, 2.45) is 0 Å². The molecule has 1 aliphatic heterocycles. The molecule has 0 aromatic carbocycles. The van der Waals surface area contributed by atoms with Crippen molar-refractivity contribution in [2.45, 2.75) is 19.1 Å². The van der Waals surface area contributed by atoms with Crippen LogP contribution in [0.5, 0.6) is 0 Å². The normalized spacial score (nSPS) is 28.3. The van der Waals surface area contributed by atoms with Gasteiger partial charge in [-0.05, 0) is 6.04 Å². The molecular formula is C5H12OSi. The van der Waals surface area contributed by atoms with Gasteiger partial charge < -0.3 is 4.74 Å². The maximum Gasteiger partial charge on any atom is 0.0798 e. The predicted octanol–water partition coefficient (Wildman–Crippen LogP) is 1.26. The number of ether oxygens (including phenoxy) is 1. The van der Waals surface area contributed by atoms with E-state index in [-0.39, 0.29) is 0 Å². The summed E-state index contributed by atoms with van der Waals surface area (Å²) in [4.78, 5) is 0. The summed E-state index contributed by atoms with van der Waals surface area (Å²) in [6.45, 7) is 5.78. The molecule has 0 amide bonds. The molecule has 1 aliphatic rings. The van der Waals surface area contributed by atoms with Crippen molar-refractivity contribution in [3.05, 3.63) is 0 Å². The molecule has 2 heteroatoms. The highest BCUT2D eigenvalue weighted by Gasteiger charge is 2.25. The molecule has 0 unspecified atom stereocenters. The maximum atomic E-state index is 5.22. The van der Waals surface area contributed by atoms with E-state index in [0.29, 0.717) is 0 Å². The van der Waals surface area contributed by atoms with Gasteiger partial charge in [-0.2, -0.15) is 0 Å². The van der Waals surface area contributed by atoms with E-state index in [0.717, 1.165) is 12.8 Å². The summed E-state index contributed by atoms with van der Waals surface area (Å²) in [5, 5.41) is 0. The first kappa shape index (κ1) is 5.32. The Balaban J connectivity index is 2.40. The molecule has 0 N–H and O–H groups in total. The molecule has 0 radical (unpaired) electrons. The van der Waals surface area contributed by atoms with Crippen LogP contribution in [-0.4, -0.2) is 20.9 Å². The molecule has 1 heterocycles. The summed E-state index contributed by atoms with van der Waals surface area (Å²) in [7, 11) is -0.762. The monoisotopic (exact) mass is 116 g/mol. The number of hydrogen-bond acceptors (Lipinski definition) is 1. The van der Waals surface area contributed by atoms with Gasteiger partial charge in [0.05, 0.1) is 8.07 Å². The Morgan fingerprint density at radius 2 is 2.14 bits per heavy atom. The topological polar surface area (TPSA) is 9.23 Å². The van der Waals surface area contributed by atoms with Gasteiger partial charge in [-0.1, -0.05) is 13.1 Å². The van der Waals surface area contributed by atoms with Crippen molar-refractivity contribution in [3.63, 3.8) is 0 Å². The van der Waals surface area contributed by atoms with E-state index in [1.54, 1.807) is 0 Å². The minimum Gasteiger partial charge on any atom is -0.385 e. The van der Waals surface area contributed by atoms with Crippen LogP contribution in [0, 0.1) is 0 Å². The Hall–Kier alpha value is 0.177. The van der Waals surface area contributed by atoms with Crippen molar-refractivity contribution in [1.82, 2.24) is 0 Å². The first-order valence-corrected chi connectivity index (χ1v) is 6.20. The van der Waals surface area contributed by atoms with Crippen LogP contribution < -0.4 is 0 Å². The molecule has 0 spiro atoms. The SMILES string of the molecule is C[Si]1(C)CCOC1. The van der Waals surface area contributed by atoms with E-state index in [4.69, 9.17) is 4.74 Å². The van der Waals surface area contributed by atoms with E-state index in [1.807, 2.05) is 0 Å². The highest BCUT2D eigenvalue weighted by Crippen LogP contribution is 2.15. The fraction of sp³-hybridized carbons (Fsp3) is 1.00. The molecule has 0 aliphatic carbocycles. The summed E-state index contributed by atoms with van der Waals surface area (Å²) in [6, 6.07) is 1.37. The van der Waals surface area contributed by atoms with Gasteiger partial charge in [0.15, 0.2) is 0 Å². The van der Waals surface area contributed by atoms with Crippen LogP contribution in [0.25, 0.3) is 0 Å². The summed E-state index contributed by atoms with van der Waals surface area (Å²) in [6.07, 6.45) is 1.09. The molecule has 0 aromatic heterocycles. The molecular weight excluding hydrogens is 104 g/mol. The lowest BCUT2D eigenvalue weighted by atomic mass is 10.9. The molecule has 0 bridgehead atoms. The molecule has 1 saturated heterocycles. The Morgan fingerprint density at radius 1 is 1.43 bits per heavy atom. The van der Waals surface area contributed by atoms with E-state index < -0.39 is 8.07 Å². The number of hydrogen-bond donors (Lipinski definition) is 0. The van der Waals surface area contributed by atoms with Crippen molar-refractivity contribution >= 4 is 8.07 Å². The summed E-state index contributed by atoms with van der Waals surface area (Å²) >= 11 is 0. The summed E-state index contributed by atoms with van der Waals surface area (Å²) < 4.78 is 5.22. The third-order valence-electron chi connectivity index (χ3n) is 1.42. The lowest BCUT2D eigenvalue weighted by Crippen LogP contribution is -2.24. The highest BCUT2D eigenvalue weighted by molar-refractivity contribution is 6.77. The van der Waals surface area contributed by atoms with Gasteiger partial charge in [0.25, 0.3) is 0 Å². The second-order valence-electron chi connectivity index (χ2n) is 2.97. The number of rotatable bonds is 0. The van der Waals surface area contributed by atoms with Crippen LogP contribution in [0.15, 0.2) is 0 Å². The largest absolute Gasteiger partial charge is 0.385 e. The Morgan fingerprint density at radius 3 is 2.29 bits per heavy atom. The van der Waals surface area contributed by atoms with Gasteiger partial charge in [-0.3, -0.25) is 0 Å². The van der Waals surface area contributed by atoms with Crippen LogP contribution in [0.1, 0.15) is 0 Å². The van der Waals surface area contributed by atoms with E-state index in [1.165, 1.54) is 6.04 Å². The van der Waals surface area contributed by atoms with Crippen LogP contribution >= 0.6 is 0 Å². The minimum atomic E-state index is -0.762. The standard InChI is InChI=1S/C5H12OSi/c1-7(2)4-3-6-5-7/h3-5H2,1-2H3. The lowest BCUT2D eigenvalue weighted by molar-refractivity contribution is 0.213. The minimum absolute atomic E-state index is 0.762. The van der Waals surface area contributed by atoms with Crippen LogP contribution in [0.3, 0.4) is 0 Å². The van der Waals surface area contributed by atoms with Crippen molar-refractivity contribution < 1.29 is 4.74 Å². The van der Waals surface area contributed by atoms with E-state index in [2.05, 4.69) is 13.1 Å². The van der Waals surface area contributed by atoms with E-state index >= 15 is 0 Å². The zero-order valence-corrected chi connectivity index (χ0v) is 6.03. The fourth-order valence-electron chi connectivity index (χ4n) is 0.769. The lowest BCUT2D eigenvalue weighted by Gasteiger charge is -2.07. The zero-order valence-electron chi connectivity index (χ0n) is 5.03. The average molecular weight is 116 g/mol. The quantitative estimate of drug-likeness (QED) is 0.433. The van der Waals surface area contributed by atoms with Crippen molar-refractivity contribution in [1.29, 1.82) is 0 Å². The first-order chi connectivity index (χ1) is 3.21. The fourth-order valence-corrected chi connectivity index (χ4v) is 2.31. The Kier molecular flexibility index (Phi) is 1.21. The Bertz CT molecular complexity index is 62.5. The molecule has 7 heavy (non-hydrogen) atoms. The van der Waals surface area contributed by atoms with Gasteiger partial charge >= 0.3 is 0 Å². The third-order valence-corrected chi connectivity index (χ3v) is 3.96. The van der Waals surface area contributed by atoms with Gasteiger partial charge in [0.1, 0.15) is 0 Å². The molecule has 1 fully saturated rings. The van der Waals surface area contributed by atoms with E-state index in [9.17, 15) is 0 Å². The van der Waals surface area contributed by atoms with Crippen molar-refractivity contribution in [2.75, 3.05) is 12.8 Å². The zero-order chi connectivity index (χ0) is 5.33. The smallest absolute Gasteiger partial charge is 0.0798 e. The second kappa shape index (κ2) is 1.60. The molecule has 42 valence electrons. The molecule has 1 rings (SSSR count). The van der Waals surface area contributed by atoms with Gasteiger partial charge in [0.2, 0.25) is 0 Å². The molecule has 0 atom stereocenters. The summed E-state index contributed by atoms with van der Waals surface area (Å²) in [5.74, 6) is 0. The predicted molar refractivity (Wildman–Crippen MR) is 33.1 cm³/mol. The van der Waals surface area contributed by atoms with Crippen LogP contribution in [0.4, 0.5) is 0 Å². The van der Waals surface area contributed by atoms with Gasteiger partial charge in [0, 0.05) is 12.8 Å². The highest BCUT2D eigenvalue weighted by atomic mass is 28.3. The van der Waals surface area contributed by atoms with Crippen LogP contribution in [-0.2, 0) is 4.74 Å². The average Bonchev–Trinajstić information content (AvgIpc) is 1.84. The molecule has 0 saturated carbocycles. The first-order valence-electron chi connectivity index (χ1n) is 2.78. The summed E-state index contributed by atoms with van der Waals surface area (Å²) in [5.41, 5.74) is 0. The maximum absolute atomic E-state index is 5.22. The molecule has 1 nitrogen and oxygen atoms in total. The van der Waals surface area contributed by atoms with Gasteiger partial charge in [-0.25, -0.2) is 0 Å². The second-order valence-corrected chi connectivity index (χ2v) is 8.08. The third kappa shape index (κ3) is 1.28. The molecule has 0 aromatic rings. The van der Waals surface area contributed by atoms with Crippen LogP contribution in [0.2, 0.25) is 19.1 Å². The van der Waals surface area contributed by atoms with Crippen molar-refractivity contribution in [3.8, 4) is 0 Å². The Labute approximate surface area is 45.7 Å².